The number of hydrogen-bond acceptors (Lipinski definition) is 2. The Morgan fingerprint density at radius 2 is 2.21 bits per heavy atom. The SMILES string of the molecule is O=C(NCC1CC=CCC1)C1Cc2ccccc2N1. The Balaban J connectivity index is 1.51. The van der Waals surface area contributed by atoms with Crippen LogP contribution in [0.15, 0.2) is 36.4 Å². The molecule has 3 heteroatoms. The van der Waals surface area contributed by atoms with Gasteiger partial charge in [-0.15, -0.1) is 0 Å². The fourth-order valence-electron chi connectivity index (χ4n) is 2.87. The summed E-state index contributed by atoms with van der Waals surface area (Å²) < 4.78 is 0. The molecule has 1 aliphatic carbocycles. The fraction of sp³-hybridized carbons (Fsp3) is 0.438. The van der Waals surface area contributed by atoms with Crippen molar-refractivity contribution in [2.45, 2.75) is 31.7 Å². The highest BCUT2D eigenvalue weighted by Crippen LogP contribution is 2.25. The summed E-state index contributed by atoms with van der Waals surface area (Å²) in [7, 11) is 0. The fourth-order valence-corrected chi connectivity index (χ4v) is 2.87. The monoisotopic (exact) mass is 256 g/mol. The summed E-state index contributed by atoms with van der Waals surface area (Å²) in [4.78, 5) is 12.2. The normalized spacial score (nSPS) is 24.6. The summed E-state index contributed by atoms with van der Waals surface area (Å²) in [5, 5.41) is 6.39. The molecule has 0 bridgehead atoms. The standard InChI is InChI=1S/C16H20N2O/c19-16(17-11-12-6-2-1-3-7-12)15-10-13-8-4-5-9-14(13)18-15/h1-2,4-5,8-9,12,15,18H,3,6-7,10-11H2,(H,17,19). The third-order valence-corrected chi connectivity index (χ3v) is 4.03. The van der Waals surface area contributed by atoms with Gasteiger partial charge >= 0.3 is 0 Å². The van der Waals surface area contributed by atoms with Crippen LogP contribution in [0.25, 0.3) is 0 Å². The first-order valence-electron chi connectivity index (χ1n) is 7.10. The van der Waals surface area contributed by atoms with Gasteiger partial charge < -0.3 is 10.6 Å². The second-order valence-corrected chi connectivity index (χ2v) is 5.45. The summed E-state index contributed by atoms with van der Waals surface area (Å²) in [6.45, 7) is 0.803. The first kappa shape index (κ1) is 12.3. The number of amides is 1. The molecule has 0 spiro atoms. The zero-order valence-corrected chi connectivity index (χ0v) is 11.1. The van der Waals surface area contributed by atoms with Gasteiger partial charge in [0.2, 0.25) is 5.91 Å². The van der Waals surface area contributed by atoms with Gasteiger partial charge in [0.1, 0.15) is 6.04 Å². The van der Waals surface area contributed by atoms with Crippen molar-refractivity contribution >= 4 is 11.6 Å². The molecule has 1 aliphatic heterocycles. The van der Waals surface area contributed by atoms with Gasteiger partial charge in [0.15, 0.2) is 0 Å². The summed E-state index contributed by atoms with van der Waals surface area (Å²) in [5.41, 5.74) is 2.34. The van der Waals surface area contributed by atoms with Crippen LogP contribution in [0.3, 0.4) is 0 Å². The summed E-state index contributed by atoms with van der Waals surface area (Å²) in [5.74, 6) is 0.739. The first-order valence-corrected chi connectivity index (χ1v) is 7.10. The van der Waals surface area contributed by atoms with Gasteiger partial charge in [-0.2, -0.15) is 0 Å². The molecule has 0 aromatic heterocycles. The molecule has 1 aromatic carbocycles. The van der Waals surface area contributed by atoms with E-state index in [9.17, 15) is 4.79 Å². The van der Waals surface area contributed by atoms with Crippen molar-refractivity contribution in [3.8, 4) is 0 Å². The summed E-state index contributed by atoms with van der Waals surface area (Å²) >= 11 is 0. The Kier molecular flexibility index (Phi) is 3.53. The van der Waals surface area contributed by atoms with Gasteiger partial charge in [0, 0.05) is 18.7 Å². The number of benzene rings is 1. The number of rotatable bonds is 3. The first-order chi connectivity index (χ1) is 9.33. The zero-order valence-electron chi connectivity index (χ0n) is 11.1. The molecule has 3 rings (SSSR count). The van der Waals surface area contributed by atoms with Crippen LogP contribution in [0.2, 0.25) is 0 Å². The Morgan fingerprint density at radius 3 is 3.00 bits per heavy atom. The molecule has 2 unspecified atom stereocenters. The number of allylic oxidation sites excluding steroid dienone is 2. The minimum atomic E-state index is -0.100. The number of para-hydroxylation sites is 1. The van der Waals surface area contributed by atoms with Crippen molar-refractivity contribution in [3.05, 3.63) is 42.0 Å². The largest absolute Gasteiger partial charge is 0.373 e. The van der Waals surface area contributed by atoms with Gasteiger partial charge in [0.05, 0.1) is 0 Å². The molecule has 2 aliphatic rings. The lowest BCUT2D eigenvalue weighted by molar-refractivity contribution is -0.121. The Morgan fingerprint density at radius 1 is 1.32 bits per heavy atom. The van der Waals surface area contributed by atoms with Crippen LogP contribution in [-0.2, 0) is 11.2 Å². The van der Waals surface area contributed by atoms with Crippen molar-refractivity contribution < 1.29 is 4.79 Å². The molecule has 0 saturated heterocycles. The summed E-state index contributed by atoms with van der Waals surface area (Å²) in [6.07, 6.45) is 8.69. The maximum atomic E-state index is 12.2. The number of carbonyl (C=O) groups excluding carboxylic acids is 1. The lowest BCUT2D eigenvalue weighted by Crippen LogP contribution is -2.40. The number of nitrogens with one attached hydrogen (secondary N) is 2. The molecular formula is C16H20N2O. The van der Waals surface area contributed by atoms with E-state index in [4.69, 9.17) is 0 Å². The summed E-state index contributed by atoms with van der Waals surface area (Å²) in [6, 6.07) is 8.04. The molecule has 1 amide bonds. The predicted octanol–water partition coefficient (Wildman–Crippen LogP) is 2.50. The molecule has 0 saturated carbocycles. The molecule has 2 N–H and O–H groups in total. The van der Waals surface area contributed by atoms with Crippen molar-refractivity contribution in [2.75, 3.05) is 11.9 Å². The van der Waals surface area contributed by atoms with E-state index in [1.54, 1.807) is 0 Å². The lowest BCUT2D eigenvalue weighted by atomic mass is 9.94. The third-order valence-electron chi connectivity index (χ3n) is 4.03. The van der Waals surface area contributed by atoms with Crippen molar-refractivity contribution in [1.82, 2.24) is 5.32 Å². The average molecular weight is 256 g/mol. The van der Waals surface area contributed by atoms with E-state index in [1.807, 2.05) is 18.2 Å². The van der Waals surface area contributed by atoms with Crippen molar-refractivity contribution in [2.24, 2.45) is 5.92 Å². The van der Waals surface area contributed by atoms with Gasteiger partial charge in [-0.05, 0) is 36.8 Å². The molecule has 3 nitrogen and oxygen atoms in total. The van der Waals surface area contributed by atoms with Crippen LogP contribution in [0.5, 0.6) is 0 Å². The number of carbonyl (C=O) groups is 1. The highest BCUT2D eigenvalue weighted by Gasteiger charge is 2.26. The van der Waals surface area contributed by atoms with Crippen LogP contribution in [-0.4, -0.2) is 18.5 Å². The van der Waals surface area contributed by atoms with Gasteiger partial charge in [-0.1, -0.05) is 30.4 Å². The number of hydrogen-bond donors (Lipinski definition) is 2. The number of anilines is 1. The second-order valence-electron chi connectivity index (χ2n) is 5.45. The highest BCUT2D eigenvalue weighted by molar-refractivity contribution is 5.87. The molecular weight excluding hydrogens is 236 g/mol. The van der Waals surface area contributed by atoms with Crippen LogP contribution in [0, 0.1) is 5.92 Å². The minimum absolute atomic E-state index is 0.100. The molecule has 2 atom stereocenters. The van der Waals surface area contributed by atoms with E-state index < -0.39 is 0 Å². The molecule has 1 aromatic rings. The van der Waals surface area contributed by atoms with Crippen molar-refractivity contribution in [3.63, 3.8) is 0 Å². The van der Waals surface area contributed by atoms with Gasteiger partial charge in [-0.25, -0.2) is 0 Å². The van der Waals surface area contributed by atoms with Gasteiger partial charge in [0.25, 0.3) is 0 Å². The molecule has 0 radical (unpaired) electrons. The third kappa shape index (κ3) is 2.80. The minimum Gasteiger partial charge on any atom is -0.373 e. The second kappa shape index (κ2) is 5.47. The van der Waals surface area contributed by atoms with Gasteiger partial charge in [-0.3, -0.25) is 4.79 Å². The maximum Gasteiger partial charge on any atom is 0.242 e. The van der Waals surface area contributed by atoms with E-state index in [1.165, 1.54) is 12.0 Å². The van der Waals surface area contributed by atoms with E-state index in [-0.39, 0.29) is 11.9 Å². The Labute approximate surface area is 114 Å². The van der Waals surface area contributed by atoms with E-state index in [0.29, 0.717) is 5.92 Å². The smallest absolute Gasteiger partial charge is 0.242 e. The van der Waals surface area contributed by atoms with Crippen LogP contribution in [0.1, 0.15) is 24.8 Å². The highest BCUT2D eigenvalue weighted by atomic mass is 16.2. The quantitative estimate of drug-likeness (QED) is 0.816. The van der Waals surface area contributed by atoms with Crippen LogP contribution < -0.4 is 10.6 Å². The van der Waals surface area contributed by atoms with E-state index >= 15 is 0 Å². The topological polar surface area (TPSA) is 41.1 Å². The molecule has 1 heterocycles. The van der Waals surface area contributed by atoms with Crippen LogP contribution in [0.4, 0.5) is 5.69 Å². The molecule has 100 valence electrons. The molecule has 19 heavy (non-hydrogen) atoms. The Bertz CT molecular complexity index is 470. The van der Waals surface area contributed by atoms with E-state index in [0.717, 1.165) is 31.5 Å². The average Bonchev–Trinajstić information content (AvgIpc) is 2.90. The molecule has 0 fully saturated rings. The zero-order chi connectivity index (χ0) is 13.1. The maximum absolute atomic E-state index is 12.2. The predicted molar refractivity (Wildman–Crippen MR) is 77.0 cm³/mol. The van der Waals surface area contributed by atoms with Crippen LogP contribution >= 0.6 is 0 Å². The number of fused-ring (bicyclic) bond motifs is 1. The van der Waals surface area contributed by atoms with Crippen molar-refractivity contribution in [1.29, 1.82) is 0 Å². The van der Waals surface area contributed by atoms with E-state index in [2.05, 4.69) is 28.9 Å². The lowest BCUT2D eigenvalue weighted by Gasteiger charge is -2.19. The Hall–Kier alpha value is -1.77.